The van der Waals surface area contributed by atoms with Crippen LogP contribution in [0.1, 0.15) is 35.6 Å². The molecule has 0 spiro atoms. The Morgan fingerprint density at radius 1 is 1.00 bits per heavy atom. The topological polar surface area (TPSA) is 15.3 Å². The van der Waals surface area contributed by atoms with E-state index in [1.165, 1.54) is 22.3 Å². The first-order valence-electron chi connectivity index (χ1n) is 8.18. The molecular formula is C20H26N2S. The number of rotatable bonds is 5. The predicted molar refractivity (Wildman–Crippen MR) is 104 cm³/mol. The normalized spacial score (nSPS) is 10.4. The van der Waals surface area contributed by atoms with Crippen LogP contribution in [0.5, 0.6) is 0 Å². The molecule has 1 N–H and O–H groups in total. The van der Waals surface area contributed by atoms with Crippen molar-refractivity contribution in [3.63, 3.8) is 0 Å². The van der Waals surface area contributed by atoms with Gasteiger partial charge in [-0.1, -0.05) is 42.8 Å². The fourth-order valence-corrected chi connectivity index (χ4v) is 2.73. The summed E-state index contributed by atoms with van der Waals surface area (Å²) in [5.74, 6) is 0. The monoisotopic (exact) mass is 326 g/mol. The van der Waals surface area contributed by atoms with Gasteiger partial charge in [0.25, 0.3) is 0 Å². The zero-order valence-corrected chi connectivity index (χ0v) is 15.3. The van der Waals surface area contributed by atoms with Crippen molar-refractivity contribution in [3.8, 4) is 0 Å². The zero-order valence-electron chi connectivity index (χ0n) is 14.5. The Balaban J connectivity index is 2.08. The lowest BCUT2D eigenvalue weighted by molar-refractivity contribution is 0.418. The van der Waals surface area contributed by atoms with E-state index >= 15 is 0 Å². The maximum Gasteiger partial charge on any atom is 0.173 e. The Bertz CT molecular complexity index is 662. The van der Waals surface area contributed by atoms with Crippen LogP contribution in [0, 0.1) is 20.8 Å². The van der Waals surface area contributed by atoms with Crippen molar-refractivity contribution in [1.29, 1.82) is 0 Å². The first-order chi connectivity index (χ1) is 11.0. The second-order valence-electron chi connectivity index (χ2n) is 6.14. The summed E-state index contributed by atoms with van der Waals surface area (Å²) in [5.41, 5.74) is 6.20. The molecule has 2 rings (SSSR count). The van der Waals surface area contributed by atoms with Crippen LogP contribution in [0.3, 0.4) is 0 Å². The quantitative estimate of drug-likeness (QED) is 0.758. The summed E-state index contributed by atoms with van der Waals surface area (Å²) in [7, 11) is 0. The van der Waals surface area contributed by atoms with Crippen LogP contribution < -0.4 is 5.32 Å². The highest BCUT2D eigenvalue weighted by atomic mass is 32.1. The van der Waals surface area contributed by atoms with Crippen molar-refractivity contribution in [1.82, 2.24) is 4.90 Å². The molecule has 0 saturated carbocycles. The molecule has 122 valence electrons. The summed E-state index contributed by atoms with van der Waals surface area (Å²) in [5, 5.41) is 4.17. The molecular weight excluding hydrogens is 300 g/mol. The van der Waals surface area contributed by atoms with E-state index in [1.54, 1.807) is 0 Å². The molecule has 0 aliphatic rings. The molecule has 0 aromatic heterocycles. The highest BCUT2D eigenvalue weighted by Crippen LogP contribution is 2.16. The lowest BCUT2D eigenvalue weighted by Gasteiger charge is -2.26. The van der Waals surface area contributed by atoms with Gasteiger partial charge in [0.1, 0.15) is 0 Å². The number of anilines is 1. The standard InChI is InChI=1S/C20H26N2S/c1-5-12-22(14-18-9-6-15(2)7-10-18)20(23)21-19-11-8-16(3)17(4)13-19/h6-11,13H,5,12,14H2,1-4H3,(H,21,23). The van der Waals surface area contributed by atoms with E-state index in [0.717, 1.165) is 30.3 Å². The van der Waals surface area contributed by atoms with Gasteiger partial charge in [0.2, 0.25) is 0 Å². The number of nitrogens with zero attached hydrogens (tertiary/aromatic N) is 1. The highest BCUT2D eigenvalue weighted by Gasteiger charge is 2.10. The average molecular weight is 327 g/mol. The first-order valence-corrected chi connectivity index (χ1v) is 8.59. The molecule has 0 amide bonds. The van der Waals surface area contributed by atoms with Gasteiger partial charge >= 0.3 is 0 Å². The van der Waals surface area contributed by atoms with Crippen molar-refractivity contribution in [2.75, 3.05) is 11.9 Å². The second-order valence-corrected chi connectivity index (χ2v) is 6.52. The summed E-state index contributed by atoms with van der Waals surface area (Å²) < 4.78 is 0. The van der Waals surface area contributed by atoms with Crippen LogP contribution in [-0.2, 0) is 6.54 Å². The van der Waals surface area contributed by atoms with Crippen LogP contribution in [-0.4, -0.2) is 16.6 Å². The molecule has 3 heteroatoms. The van der Waals surface area contributed by atoms with E-state index in [0.29, 0.717) is 0 Å². The largest absolute Gasteiger partial charge is 0.345 e. The van der Waals surface area contributed by atoms with Gasteiger partial charge in [0, 0.05) is 18.8 Å². The van der Waals surface area contributed by atoms with Crippen LogP contribution in [0.15, 0.2) is 42.5 Å². The third-order valence-electron chi connectivity index (χ3n) is 4.03. The predicted octanol–water partition coefficient (Wildman–Crippen LogP) is 5.22. The molecule has 2 nitrogen and oxygen atoms in total. The molecule has 0 saturated heterocycles. The number of benzene rings is 2. The van der Waals surface area contributed by atoms with Crippen molar-refractivity contribution < 1.29 is 0 Å². The SMILES string of the molecule is CCCN(Cc1ccc(C)cc1)C(=S)Nc1ccc(C)c(C)c1. The van der Waals surface area contributed by atoms with Gasteiger partial charge in [-0.15, -0.1) is 0 Å². The van der Waals surface area contributed by atoms with Gasteiger partial charge in [-0.3, -0.25) is 0 Å². The van der Waals surface area contributed by atoms with Crippen molar-refractivity contribution in [3.05, 3.63) is 64.7 Å². The molecule has 2 aromatic carbocycles. The molecule has 0 heterocycles. The van der Waals surface area contributed by atoms with Gasteiger partial charge in [-0.25, -0.2) is 0 Å². The van der Waals surface area contributed by atoms with Crippen LogP contribution in [0.2, 0.25) is 0 Å². The molecule has 0 radical (unpaired) electrons. The summed E-state index contributed by atoms with van der Waals surface area (Å²) >= 11 is 5.64. The molecule has 0 fully saturated rings. The second kappa shape index (κ2) is 8.11. The maximum atomic E-state index is 5.64. The summed E-state index contributed by atoms with van der Waals surface area (Å²) in [6, 6.07) is 15.0. The van der Waals surface area contributed by atoms with Gasteiger partial charge in [-0.05, 0) is 68.2 Å². The van der Waals surface area contributed by atoms with Crippen LogP contribution in [0.4, 0.5) is 5.69 Å². The fourth-order valence-electron chi connectivity index (χ4n) is 2.46. The average Bonchev–Trinajstić information content (AvgIpc) is 2.52. The van der Waals surface area contributed by atoms with Crippen molar-refractivity contribution in [2.24, 2.45) is 0 Å². The Kier molecular flexibility index (Phi) is 6.17. The zero-order chi connectivity index (χ0) is 16.8. The van der Waals surface area contributed by atoms with E-state index in [4.69, 9.17) is 12.2 Å². The van der Waals surface area contributed by atoms with E-state index in [1.807, 2.05) is 0 Å². The Morgan fingerprint density at radius 2 is 1.70 bits per heavy atom. The van der Waals surface area contributed by atoms with Gasteiger partial charge < -0.3 is 10.2 Å². The number of aryl methyl sites for hydroxylation is 3. The minimum atomic E-state index is 0.788. The van der Waals surface area contributed by atoms with Gasteiger partial charge in [0.05, 0.1) is 0 Å². The Labute approximate surface area is 145 Å². The minimum Gasteiger partial charge on any atom is -0.345 e. The lowest BCUT2D eigenvalue weighted by atomic mass is 10.1. The van der Waals surface area contributed by atoms with Crippen LogP contribution >= 0.6 is 12.2 Å². The van der Waals surface area contributed by atoms with E-state index < -0.39 is 0 Å². The number of hydrogen-bond donors (Lipinski definition) is 1. The third kappa shape index (κ3) is 5.07. The molecule has 23 heavy (non-hydrogen) atoms. The molecule has 0 unspecified atom stereocenters. The molecule has 2 aromatic rings. The summed E-state index contributed by atoms with van der Waals surface area (Å²) in [4.78, 5) is 2.23. The van der Waals surface area contributed by atoms with E-state index in [2.05, 4.69) is 80.4 Å². The Morgan fingerprint density at radius 3 is 2.30 bits per heavy atom. The van der Waals surface area contributed by atoms with Crippen molar-refractivity contribution >= 4 is 23.0 Å². The molecule has 0 aliphatic carbocycles. The maximum absolute atomic E-state index is 5.64. The summed E-state index contributed by atoms with van der Waals surface area (Å²) in [6.45, 7) is 10.3. The number of thiocarbonyl (C=S) groups is 1. The molecule has 0 atom stereocenters. The fraction of sp³-hybridized carbons (Fsp3) is 0.350. The summed E-state index contributed by atoms with van der Waals surface area (Å²) in [6.07, 6.45) is 1.07. The van der Waals surface area contributed by atoms with Gasteiger partial charge in [-0.2, -0.15) is 0 Å². The lowest BCUT2D eigenvalue weighted by Crippen LogP contribution is -2.34. The van der Waals surface area contributed by atoms with Crippen molar-refractivity contribution in [2.45, 2.75) is 40.7 Å². The highest BCUT2D eigenvalue weighted by molar-refractivity contribution is 7.80. The number of nitrogens with one attached hydrogen (secondary N) is 1. The first kappa shape index (κ1) is 17.5. The third-order valence-corrected chi connectivity index (χ3v) is 4.39. The Hall–Kier alpha value is -1.87. The van der Waals surface area contributed by atoms with E-state index in [9.17, 15) is 0 Å². The van der Waals surface area contributed by atoms with Crippen LogP contribution in [0.25, 0.3) is 0 Å². The van der Waals surface area contributed by atoms with E-state index in [-0.39, 0.29) is 0 Å². The van der Waals surface area contributed by atoms with Gasteiger partial charge in [0.15, 0.2) is 5.11 Å². The smallest absolute Gasteiger partial charge is 0.173 e. The number of hydrogen-bond acceptors (Lipinski definition) is 1. The molecule has 0 bridgehead atoms. The minimum absolute atomic E-state index is 0.788. The molecule has 0 aliphatic heterocycles.